The molecule has 0 radical (unpaired) electrons. The maximum Gasteiger partial charge on any atom is 0.349 e. The lowest BCUT2D eigenvalue weighted by Crippen LogP contribution is -2.20. The number of amides is 1. The van der Waals surface area contributed by atoms with Gasteiger partial charge in [0.1, 0.15) is 16.9 Å². The number of rotatable bonds is 4. The summed E-state index contributed by atoms with van der Waals surface area (Å²) in [5.41, 5.74) is 0.191. The number of hydrogen-bond donors (Lipinski definition) is 1. The number of anilines is 1. The summed E-state index contributed by atoms with van der Waals surface area (Å²) < 4.78 is 10.7. The van der Waals surface area contributed by atoms with Gasteiger partial charge in [0.2, 0.25) is 0 Å². The number of benzene rings is 2. The molecule has 7 heteroatoms. The third kappa shape index (κ3) is 3.67. The average molecular weight is 359 g/mol. The first-order valence-electron chi connectivity index (χ1n) is 8.08. The zero-order valence-electron chi connectivity index (χ0n) is 14.0. The van der Waals surface area contributed by atoms with Crippen molar-refractivity contribution in [2.45, 2.75) is 0 Å². The van der Waals surface area contributed by atoms with Crippen molar-refractivity contribution in [3.63, 3.8) is 0 Å². The molecule has 0 aliphatic heterocycles. The second-order valence-electron chi connectivity index (χ2n) is 5.60. The highest BCUT2D eigenvalue weighted by Gasteiger charge is 2.14. The molecule has 0 fully saturated rings. The van der Waals surface area contributed by atoms with Crippen LogP contribution in [0.4, 0.5) is 5.69 Å². The molecular formula is C20H13N3O4. The number of aromatic nitrogens is 2. The van der Waals surface area contributed by atoms with E-state index in [0.29, 0.717) is 22.4 Å². The van der Waals surface area contributed by atoms with Gasteiger partial charge < -0.3 is 14.5 Å². The Labute approximate surface area is 153 Å². The van der Waals surface area contributed by atoms with Crippen LogP contribution in [0.15, 0.2) is 82.3 Å². The second kappa shape index (κ2) is 7.09. The van der Waals surface area contributed by atoms with Gasteiger partial charge in [-0.3, -0.25) is 4.79 Å². The molecule has 7 nitrogen and oxygen atoms in total. The lowest BCUT2D eigenvalue weighted by Gasteiger charge is -2.07. The number of carbonyl (C=O) groups excluding carboxylic acids is 1. The van der Waals surface area contributed by atoms with Crippen molar-refractivity contribution in [2.24, 2.45) is 0 Å². The number of ether oxygens (including phenoxy) is 1. The van der Waals surface area contributed by atoms with Crippen molar-refractivity contribution in [2.75, 3.05) is 5.32 Å². The van der Waals surface area contributed by atoms with Gasteiger partial charge in [-0.15, -0.1) is 0 Å². The van der Waals surface area contributed by atoms with Crippen LogP contribution in [-0.2, 0) is 0 Å². The zero-order chi connectivity index (χ0) is 18.6. The Hall–Kier alpha value is -4.00. The molecule has 0 aliphatic rings. The predicted molar refractivity (Wildman–Crippen MR) is 99.0 cm³/mol. The molecular weight excluding hydrogens is 346 g/mol. The van der Waals surface area contributed by atoms with Crippen molar-refractivity contribution in [1.82, 2.24) is 9.97 Å². The molecule has 1 amide bonds. The molecule has 4 rings (SSSR count). The van der Waals surface area contributed by atoms with Crippen LogP contribution >= 0.6 is 0 Å². The summed E-state index contributed by atoms with van der Waals surface area (Å²) >= 11 is 0. The van der Waals surface area contributed by atoms with E-state index in [-0.39, 0.29) is 11.6 Å². The molecule has 0 bridgehead atoms. The Morgan fingerprint density at radius 2 is 1.70 bits per heavy atom. The van der Waals surface area contributed by atoms with Gasteiger partial charge in [0.15, 0.2) is 0 Å². The van der Waals surface area contributed by atoms with Crippen LogP contribution < -0.4 is 15.7 Å². The topological polar surface area (TPSA) is 94.3 Å². The molecule has 4 aromatic rings. The van der Waals surface area contributed by atoms with Crippen LogP contribution in [0.5, 0.6) is 11.8 Å². The number of fused-ring (bicyclic) bond motifs is 1. The van der Waals surface area contributed by atoms with Crippen LogP contribution in [0.3, 0.4) is 0 Å². The van der Waals surface area contributed by atoms with E-state index in [0.717, 1.165) is 0 Å². The van der Waals surface area contributed by atoms with E-state index in [9.17, 15) is 9.59 Å². The molecule has 0 unspecified atom stereocenters. The van der Waals surface area contributed by atoms with Crippen LogP contribution in [0.2, 0.25) is 0 Å². The normalized spacial score (nSPS) is 10.5. The molecule has 0 aliphatic carbocycles. The Balaban J connectivity index is 1.51. The van der Waals surface area contributed by atoms with Crippen LogP contribution in [0, 0.1) is 0 Å². The molecule has 0 atom stereocenters. The van der Waals surface area contributed by atoms with E-state index < -0.39 is 11.5 Å². The highest BCUT2D eigenvalue weighted by atomic mass is 16.5. The summed E-state index contributed by atoms with van der Waals surface area (Å²) in [6.45, 7) is 0. The standard InChI is InChI=1S/C20H13N3O4/c24-18(16-12-13-4-1-2-5-17(13)27-19(16)25)23-14-6-8-15(9-7-14)26-20-21-10-3-11-22-20/h1-12H,(H,23,24). The first-order valence-corrected chi connectivity index (χ1v) is 8.08. The minimum atomic E-state index is -0.688. The second-order valence-corrected chi connectivity index (χ2v) is 5.60. The Kier molecular flexibility index (Phi) is 4.32. The fourth-order valence-corrected chi connectivity index (χ4v) is 2.47. The average Bonchev–Trinajstić information content (AvgIpc) is 2.69. The van der Waals surface area contributed by atoms with Gasteiger partial charge in [-0.1, -0.05) is 18.2 Å². The molecule has 1 N–H and O–H groups in total. The fourth-order valence-electron chi connectivity index (χ4n) is 2.47. The van der Waals surface area contributed by atoms with Gasteiger partial charge >= 0.3 is 11.6 Å². The maximum absolute atomic E-state index is 12.4. The van der Waals surface area contributed by atoms with Crippen LogP contribution in [0.1, 0.15) is 10.4 Å². The number of carbonyl (C=O) groups is 1. The number of nitrogens with zero attached hydrogens (tertiary/aromatic N) is 2. The minimum Gasteiger partial charge on any atom is -0.424 e. The van der Waals surface area contributed by atoms with Crippen molar-refractivity contribution >= 4 is 22.6 Å². The van der Waals surface area contributed by atoms with E-state index >= 15 is 0 Å². The summed E-state index contributed by atoms with van der Waals surface area (Å²) in [5, 5.41) is 3.34. The SMILES string of the molecule is O=C(Nc1ccc(Oc2ncccn2)cc1)c1cc2ccccc2oc1=O. The third-order valence-electron chi connectivity index (χ3n) is 3.75. The van der Waals surface area contributed by atoms with Gasteiger partial charge in [-0.05, 0) is 42.5 Å². The zero-order valence-corrected chi connectivity index (χ0v) is 14.0. The van der Waals surface area contributed by atoms with Gasteiger partial charge in [-0.2, -0.15) is 0 Å². The molecule has 0 saturated carbocycles. The Morgan fingerprint density at radius 3 is 2.48 bits per heavy atom. The summed E-state index contributed by atoms with van der Waals surface area (Å²) in [6.07, 6.45) is 3.15. The van der Waals surface area contributed by atoms with Crippen molar-refractivity contribution < 1.29 is 13.9 Å². The molecule has 2 aromatic heterocycles. The smallest absolute Gasteiger partial charge is 0.349 e. The molecule has 0 saturated heterocycles. The highest BCUT2D eigenvalue weighted by Crippen LogP contribution is 2.20. The highest BCUT2D eigenvalue weighted by molar-refractivity contribution is 6.05. The van der Waals surface area contributed by atoms with Crippen LogP contribution in [-0.4, -0.2) is 15.9 Å². The maximum atomic E-state index is 12.4. The largest absolute Gasteiger partial charge is 0.424 e. The first-order chi connectivity index (χ1) is 13.2. The number of para-hydroxylation sites is 1. The summed E-state index contributed by atoms with van der Waals surface area (Å²) in [6, 6.07) is 17.1. The van der Waals surface area contributed by atoms with E-state index in [4.69, 9.17) is 9.15 Å². The van der Waals surface area contributed by atoms with Gasteiger partial charge in [0.25, 0.3) is 5.91 Å². The molecule has 2 heterocycles. The Bertz CT molecular complexity index is 1160. The quantitative estimate of drug-likeness (QED) is 0.559. The van der Waals surface area contributed by atoms with Crippen LogP contribution in [0.25, 0.3) is 11.0 Å². The molecule has 2 aromatic carbocycles. The van der Waals surface area contributed by atoms with Crippen molar-refractivity contribution in [3.8, 4) is 11.8 Å². The van der Waals surface area contributed by atoms with Gasteiger partial charge in [-0.25, -0.2) is 14.8 Å². The first kappa shape index (κ1) is 16.5. The molecule has 132 valence electrons. The minimum absolute atomic E-state index is 0.0632. The number of nitrogens with one attached hydrogen (secondary N) is 1. The van der Waals surface area contributed by atoms with E-state index in [2.05, 4.69) is 15.3 Å². The van der Waals surface area contributed by atoms with Crippen molar-refractivity contribution in [1.29, 1.82) is 0 Å². The predicted octanol–water partition coefficient (Wildman–Crippen LogP) is 3.63. The lowest BCUT2D eigenvalue weighted by atomic mass is 10.1. The van der Waals surface area contributed by atoms with E-state index in [1.807, 2.05) is 0 Å². The molecule has 27 heavy (non-hydrogen) atoms. The monoisotopic (exact) mass is 359 g/mol. The van der Waals surface area contributed by atoms with E-state index in [1.165, 1.54) is 6.07 Å². The van der Waals surface area contributed by atoms with Crippen molar-refractivity contribution in [3.05, 3.63) is 89.0 Å². The molecule has 0 spiro atoms. The van der Waals surface area contributed by atoms with E-state index in [1.54, 1.807) is 67.0 Å². The fraction of sp³-hybridized carbons (Fsp3) is 0. The Morgan fingerprint density at radius 1 is 0.963 bits per heavy atom. The third-order valence-corrected chi connectivity index (χ3v) is 3.75. The summed E-state index contributed by atoms with van der Waals surface area (Å²) in [5.74, 6) is -0.0287. The number of hydrogen-bond acceptors (Lipinski definition) is 6. The summed E-state index contributed by atoms with van der Waals surface area (Å²) in [4.78, 5) is 32.4. The van der Waals surface area contributed by atoms with Gasteiger partial charge in [0.05, 0.1) is 0 Å². The summed E-state index contributed by atoms with van der Waals surface area (Å²) in [7, 11) is 0. The lowest BCUT2D eigenvalue weighted by molar-refractivity contribution is 0.102. The van der Waals surface area contributed by atoms with Gasteiger partial charge in [0, 0.05) is 23.5 Å².